The number of amides is 1. The molecule has 1 aromatic carbocycles. The fourth-order valence-corrected chi connectivity index (χ4v) is 3.22. The molecule has 1 saturated heterocycles. The van der Waals surface area contributed by atoms with Crippen molar-refractivity contribution in [1.29, 1.82) is 0 Å². The Morgan fingerprint density at radius 1 is 1.22 bits per heavy atom. The molecule has 0 bridgehead atoms. The standard InChI is InChI=1S/C18H23N5O3.ClH/c24-18(15-12-23(22-21-15)14-4-6-19-7-5-14)20-11-13-2-3-16-17(10-13)26-9-1-8-25-16;/h2-3,10,12,14,19H,1,4-9,11H2,(H,20,24);1H. The molecule has 3 heterocycles. The Bertz CT molecular complexity index is 776. The number of fused-ring (bicyclic) bond motifs is 1. The number of nitrogens with one attached hydrogen (secondary N) is 2. The second-order valence-corrected chi connectivity index (χ2v) is 6.58. The maximum atomic E-state index is 12.4. The molecule has 2 N–H and O–H groups in total. The minimum absolute atomic E-state index is 0. The van der Waals surface area contributed by atoms with Crippen LogP contribution in [-0.4, -0.2) is 47.2 Å². The lowest BCUT2D eigenvalue weighted by atomic mass is 10.1. The summed E-state index contributed by atoms with van der Waals surface area (Å²) in [6.07, 6.45) is 4.61. The molecule has 27 heavy (non-hydrogen) atoms. The van der Waals surface area contributed by atoms with Gasteiger partial charge < -0.3 is 20.1 Å². The van der Waals surface area contributed by atoms with E-state index in [1.807, 2.05) is 22.9 Å². The summed E-state index contributed by atoms with van der Waals surface area (Å²) < 4.78 is 13.1. The maximum absolute atomic E-state index is 12.4. The van der Waals surface area contributed by atoms with Gasteiger partial charge >= 0.3 is 0 Å². The van der Waals surface area contributed by atoms with Gasteiger partial charge in [-0.15, -0.1) is 17.5 Å². The highest BCUT2D eigenvalue weighted by molar-refractivity contribution is 5.91. The van der Waals surface area contributed by atoms with Crippen LogP contribution in [0.5, 0.6) is 11.5 Å². The van der Waals surface area contributed by atoms with Crippen molar-refractivity contribution < 1.29 is 14.3 Å². The second kappa shape index (κ2) is 9.05. The first-order chi connectivity index (χ1) is 12.8. The van der Waals surface area contributed by atoms with Gasteiger partial charge in [0.25, 0.3) is 5.91 Å². The molecule has 8 nitrogen and oxygen atoms in total. The molecule has 1 amide bonds. The largest absolute Gasteiger partial charge is 0.490 e. The average Bonchev–Trinajstić information content (AvgIpc) is 3.06. The zero-order chi connectivity index (χ0) is 17.8. The Hall–Kier alpha value is -2.32. The van der Waals surface area contributed by atoms with Crippen molar-refractivity contribution >= 4 is 18.3 Å². The number of hydrogen-bond donors (Lipinski definition) is 2. The summed E-state index contributed by atoms with van der Waals surface area (Å²) in [6, 6.07) is 6.04. The molecule has 9 heteroatoms. The lowest BCUT2D eigenvalue weighted by Gasteiger charge is -2.22. The van der Waals surface area contributed by atoms with Crippen LogP contribution in [0.25, 0.3) is 0 Å². The Kier molecular flexibility index (Phi) is 6.52. The second-order valence-electron chi connectivity index (χ2n) is 6.58. The summed E-state index contributed by atoms with van der Waals surface area (Å²) in [7, 11) is 0. The van der Waals surface area contributed by atoms with Gasteiger partial charge in [0.1, 0.15) is 0 Å². The first-order valence-corrected chi connectivity index (χ1v) is 9.09. The SMILES string of the molecule is Cl.O=C(NCc1ccc2c(c1)OCCCO2)c1cn(C2CCNCC2)nn1. The zero-order valence-electron chi connectivity index (χ0n) is 15.0. The summed E-state index contributed by atoms with van der Waals surface area (Å²) in [5, 5.41) is 14.4. The summed E-state index contributed by atoms with van der Waals surface area (Å²) >= 11 is 0. The summed E-state index contributed by atoms with van der Waals surface area (Å²) in [5.74, 6) is 1.26. The minimum Gasteiger partial charge on any atom is -0.490 e. The fourth-order valence-electron chi connectivity index (χ4n) is 3.22. The normalized spacial score (nSPS) is 16.9. The summed E-state index contributed by atoms with van der Waals surface area (Å²) in [6.45, 7) is 3.64. The van der Waals surface area contributed by atoms with Crippen molar-refractivity contribution in [2.75, 3.05) is 26.3 Å². The highest BCUT2D eigenvalue weighted by Crippen LogP contribution is 2.30. The van der Waals surface area contributed by atoms with E-state index < -0.39 is 0 Å². The van der Waals surface area contributed by atoms with Crippen LogP contribution in [0, 0.1) is 0 Å². The van der Waals surface area contributed by atoms with Gasteiger partial charge in [0.2, 0.25) is 0 Å². The van der Waals surface area contributed by atoms with Gasteiger partial charge in [-0.2, -0.15) is 0 Å². The molecule has 0 spiro atoms. The molecule has 0 aliphatic carbocycles. The number of carbonyl (C=O) groups is 1. The Labute approximate surface area is 164 Å². The fraction of sp³-hybridized carbons (Fsp3) is 0.500. The topological polar surface area (TPSA) is 90.3 Å². The molecule has 0 saturated carbocycles. The molecular formula is C18H24ClN5O3. The molecule has 2 aromatic rings. The number of halogens is 1. The highest BCUT2D eigenvalue weighted by atomic mass is 35.5. The van der Waals surface area contributed by atoms with E-state index in [4.69, 9.17) is 9.47 Å². The average molecular weight is 394 g/mol. The van der Waals surface area contributed by atoms with Crippen LogP contribution in [0.4, 0.5) is 0 Å². The lowest BCUT2D eigenvalue weighted by Crippen LogP contribution is -2.29. The van der Waals surface area contributed by atoms with Gasteiger partial charge in [0, 0.05) is 13.0 Å². The number of rotatable bonds is 4. The van der Waals surface area contributed by atoms with Gasteiger partial charge in [-0.3, -0.25) is 4.79 Å². The highest BCUT2D eigenvalue weighted by Gasteiger charge is 2.19. The third kappa shape index (κ3) is 4.70. The zero-order valence-corrected chi connectivity index (χ0v) is 15.8. The van der Waals surface area contributed by atoms with Crippen molar-refractivity contribution in [2.24, 2.45) is 0 Å². The Morgan fingerprint density at radius 2 is 2.00 bits per heavy atom. The van der Waals surface area contributed by atoms with Crippen LogP contribution in [0.3, 0.4) is 0 Å². The molecule has 2 aliphatic rings. The van der Waals surface area contributed by atoms with Crippen molar-refractivity contribution in [2.45, 2.75) is 31.8 Å². The maximum Gasteiger partial charge on any atom is 0.273 e. The molecule has 0 unspecified atom stereocenters. The summed E-state index contributed by atoms with van der Waals surface area (Å²) in [5.41, 5.74) is 1.30. The van der Waals surface area contributed by atoms with Gasteiger partial charge in [-0.05, 0) is 43.6 Å². The van der Waals surface area contributed by atoms with Crippen molar-refractivity contribution in [3.63, 3.8) is 0 Å². The van der Waals surface area contributed by atoms with Crippen LogP contribution in [-0.2, 0) is 6.54 Å². The lowest BCUT2D eigenvalue weighted by molar-refractivity contribution is 0.0945. The van der Waals surface area contributed by atoms with E-state index in [9.17, 15) is 4.79 Å². The number of hydrogen-bond acceptors (Lipinski definition) is 6. The van der Waals surface area contributed by atoms with Crippen LogP contribution in [0.2, 0.25) is 0 Å². The molecular weight excluding hydrogens is 370 g/mol. The van der Waals surface area contributed by atoms with Gasteiger partial charge in [0.15, 0.2) is 17.2 Å². The van der Waals surface area contributed by atoms with Crippen molar-refractivity contribution in [3.8, 4) is 11.5 Å². The first-order valence-electron chi connectivity index (χ1n) is 9.09. The number of carbonyl (C=O) groups excluding carboxylic acids is 1. The van der Waals surface area contributed by atoms with E-state index in [2.05, 4.69) is 20.9 Å². The number of benzene rings is 1. The van der Waals surface area contributed by atoms with Gasteiger partial charge in [0.05, 0.1) is 25.5 Å². The van der Waals surface area contributed by atoms with Crippen LogP contribution in [0.15, 0.2) is 24.4 Å². The van der Waals surface area contributed by atoms with Crippen LogP contribution < -0.4 is 20.1 Å². The van der Waals surface area contributed by atoms with Gasteiger partial charge in [-0.25, -0.2) is 4.68 Å². The quantitative estimate of drug-likeness (QED) is 0.822. The third-order valence-electron chi connectivity index (χ3n) is 4.69. The first kappa shape index (κ1) is 19.4. The molecule has 4 rings (SSSR count). The minimum atomic E-state index is -0.225. The van der Waals surface area contributed by atoms with Crippen LogP contribution >= 0.6 is 12.4 Å². The van der Waals surface area contributed by atoms with E-state index >= 15 is 0 Å². The van der Waals surface area contributed by atoms with Crippen molar-refractivity contribution in [3.05, 3.63) is 35.7 Å². The predicted octanol–water partition coefficient (Wildman–Crippen LogP) is 1.72. The van der Waals surface area contributed by atoms with E-state index in [0.717, 1.165) is 49.4 Å². The molecule has 1 fully saturated rings. The number of piperidine rings is 1. The number of nitrogens with zero attached hydrogens (tertiary/aromatic N) is 3. The molecule has 0 radical (unpaired) electrons. The van der Waals surface area contributed by atoms with Crippen LogP contribution in [0.1, 0.15) is 41.4 Å². The molecule has 0 atom stereocenters. The third-order valence-corrected chi connectivity index (χ3v) is 4.69. The van der Waals surface area contributed by atoms with E-state index in [0.29, 0.717) is 31.5 Å². The van der Waals surface area contributed by atoms with E-state index in [1.165, 1.54) is 0 Å². The monoisotopic (exact) mass is 393 g/mol. The molecule has 2 aliphatic heterocycles. The number of ether oxygens (including phenoxy) is 2. The Balaban J connectivity index is 0.00000210. The smallest absolute Gasteiger partial charge is 0.273 e. The summed E-state index contributed by atoms with van der Waals surface area (Å²) in [4.78, 5) is 12.4. The van der Waals surface area contributed by atoms with E-state index in [-0.39, 0.29) is 18.3 Å². The number of aromatic nitrogens is 3. The molecule has 1 aromatic heterocycles. The molecule has 146 valence electrons. The Morgan fingerprint density at radius 3 is 2.81 bits per heavy atom. The van der Waals surface area contributed by atoms with E-state index in [1.54, 1.807) is 6.20 Å². The van der Waals surface area contributed by atoms with Crippen molar-refractivity contribution in [1.82, 2.24) is 25.6 Å². The predicted molar refractivity (Wildman–Crippen MR) is 102 cm³/mol. The van der Waals surface area contributed by atoms with Gasteiger partial charge in [-0.1, -0.05) is 11.3 Å².